The lowest BCUT2D eigenvalue weighted by atomic mass is 10.0. The minimum absolute atomic E-state index is 0.243. The highest BCUT2D eigenvalue weighted by Gasteiger charge is 2.21. The first-order chi connectivity index (χ1) is 6.68. The molecule has 1 aliphatic rings. The van der Waals surface area contributed by atoms with Crippen LogP contribution in [0.2, 0.25) is 0 Å². The third kappa shape index (κ3) is 1.57. The molecule has 0 aromatic heterocycles. The molecular formula is C10H11F2NO. The number of nitrogens with two attached hydrogens (primary N) is 1. The van der Waals surface area contributed by atoms with E-state index in [1.807, 2.05) is 0 Å². The molecule has 14 heavy (non-hydrogen) atoms. The molecule has 0 saturated heterocycles. The van der Waals surface area contributed by atoms with Gasteiger partial charge in [0, 0.05) is 23.7 Å². The summed E-state index contributed by atoms with van der Waals surface area (Å²) in [7, 11) is 0. The summed E-state index contributed by atoms with van der Waals surface area (Å²) in [6.45, 7) is 0.462. The van der Waals surface area contributed by atoms with Crippen molar-refractivity contribution < 1.29 is 13.5 Å². The molecule has 0 saturated carbocycles. The first-order valence-electron chi connectivity index (χ1n) is 4.56. The van der Waals surface area contributed by atoms with Crippen molar-refractivity contribution in [2.75, 3.05) is 6.61 Å². The predicted octanol–water partition coefficient (Wildman–Crippen LogP) is 2.14. The van der Waals surface area contributed by atoms with Gasteiger partial charge >= 0.3 is 0 Å². The molecule has 2 nitrogen and oxygen atoms in total. The van der Waals surface area contributed by atoms with E-state index >= 15 is 0 Å². The molecule has 4 heteroatoms. The van der Waals surface area contributed by atoms with E-state index < -0.39 is 17.7 Å². The van der Waals surface area contributed by atoms with Gasteiger partial charge in [0.25, 0.3) is 0 Å². The second-order valence-electron chi connectivity index (χ2n) is 3.40. The average Bonchev–Trinajstić information content (AvgIpc) is 2.27. The fourth-order valence-electron chi connectivity index (χ4n) is 1.67. The van der Waals surface area contributed by atoms with Crippen LogP contribution in [-0.2, 0) is 0 Å². The monoisotopic (exact) mass is 199 g/mol. The zero-order chi connectivity index (χ0) is 10.1. The molecule has 2 N–H and O–H groups in total. The van der Waals surface area contributed by atoms with Gasteiger partial charge in [0.15, 0.2) is 0 Å². The molecule has 76 valence electrons. The second kappa shape index (κ2) is 3.53. The van der Waals surface area contributed by atoms with E-state index in [9.17, 15) is 8.78 Å². The minimum atomic E-state index is -0.629. The molecule has 0 radical (unpaired) electrons. The van der Waals surface area contributed by atoms with E-state index in [2.05, 4.69) is 0 Å². The number of ether oxygens (including phenoxy) is 1. The second-order valence-corrected chi connectivity index (χ2v) is 3.40. The number of hydrogen-bond donors (Lipinski definition) is 1. The van der Waals surface area contributed by atoms with Crippen molar-refractivity contribution >= 4 is 0 Å². The molecule has 1 aromatic rings. The van der Waals surface area contributed by atoms with Crippen molar-refractivity contribution in [1.82, 2.24) is 0 Å². The molecule has 0 unspecified atom stereocenters. The molecule has 1 aromatic carbocycles. The molecule has 0 fully saturated rings. The van der Waals surface area contributed by atoms with Crippen LogP contribution in [-0.4, -0.2) is 6.61 Å². The van der Waals surface area contributed by atoms with Crippen LogP contribution in [0.3, 0.4) is 0 Å². The third-order valence-electron chi connectivity index (χ3n) is 2.34. The van der Waals surface area contributed by atoms with Gasteiger partial charge in [0.1, 0.15) is 17.4 Å². The first-order valence-corrected chi connectivity index (χ1v) is 4.56. The normalized spacial score (nSPS) is 20.9. The molecular weight excluding hydrogens is 188 g/mol. The Morgan fingerprint density at radius 1 is 1.36 bits per heavy atom. The zero-order valence-corrected chi connectivity index (χ0v) is 7.59. The molecule has 2 rings (SSSR count). The summed E-state index contributed by atoms with van der Waals surface area (Å²) in [4.78, 5) is 0. The third-order valence-corrected chi connectivity index (χ3v) is 2.34. The fourth-order valence-corrected chi connectivity index (χ4v) is 1.67. The van der Waals surface area contributed by atoms with Crippen molar-refractivity contribution in [3.63, 3.8) is 0 Å². The molecule has 1 heterocycles. The number of fused-ring (bicyclic) bond motifs is 1. The van der Waals surface area contributed by atoms with Crippen molar-refractivity contribution in [3.05, 3.63) is 29.3 Å². The number of hydrogen-bond acceptors (Lipinski definition) is 2. The Balaban J connectivity index is 2.53. The molecule has 0 spiro atoms. The molecule has 0 amide bonds. The lowest BCUT2D eigenvalue weighted by molar-refractivity contribution is 0.313. The number of benzene rings is 1. The largest absolute Gasteiger partial charge is 0.493 e. The summed E-state index contributed by atoms with van der Waals surface area (Å²) in [5.74, 6) is -1.00. The molecule has 1 atom stereocenters. The highest BCUT2D eigenvalue weighted by atomic mass is 19.1. The highest BCUT2D eigenvalue weighted by molar-refractivity contribution is 5.38. The van der Waals surface area contributed by atoms with Crippen LogP contribution in [0.5, 0.6) is 5.75 Å². The van der Waals surface area contributed by atoms with Crippen molar-refractivity contribution in [2.24, 2.45) is 5.73 Å². The SMILES string of the molecule is N[C@H]1CCCOc2cc(F)cc(F)c21. The lowest BCUT2D eigenvalue weighted by Crippen LogP contribution is -2.11. The summed E-state index contributed by atoms with van der Waals surface area (Å²) >= 11 is 0. The van der Waals surface area contributed by atoms with Gasteiger partial charge in [-0.3, -0.25) is 0 Å². The first kappa shape index (κ1) is 9.40. The maximum absolute atomic E-state index is 13.4. The Morgan fingerprint density at radius 2 is 2.14 bits per heavy atom. The average molecular weight is 199 g/mol. The molecule has 0 bridgehead atoms. The van der Waals surface area contributed by atoms with Crippen LogP contribution in [0.1, 0.15) is 24.4 Å². The van der Waals surface area contributed by atoms with Crippen LogP contribution in [0.15, 0.2) is 12.1 Å². The number of halogens is 2. The zero-order valence-electron chi connectivity index (χ0n) is 7.59. The van der Waals surface area contributed by atoms with Gasteiger partial charge in [-0.25, -0.2) is 8.78 Å². The van der Waals surface area contributed by atoms with Crippen molar-refractivity contribution in [2.45, 2.75) is 18.9 Å². The Labute approximate surface area is 80.7 Å². The minimum Gasteiger partial charge on any atom is -0.493 e. The van der Waals surface area contributed by atoms with Crippen molar-refractivity contribution in [1.29, 1.82) is 0 Å². The van der Waals surface area contributed by atoms with E-state index in [1.165, 1.54) is 6.07 Å². The van der Waals surface area contributed by atoms with E-state index in [4.69, 9.17) is 10.5 Å². The van der Waals surface area contributed by atoms with Crippen LogP contribution in [0, 0.1) is 11.6 Å². The van der Waals surface area contributed by atoms with E-state index in [1.54, 1.807) is 0 Å². The molecule has 0 aliphatic carbocycles. The van der Waals surface area contributed by atoms with E-state index in [-0.39, 0.29) is 5.75 Å². The predicted molar refractivity (Wildman–Crippen MR) is 48.0 cm³/mol. The van der Waals surface area contributed by atoms with E-state index in [0.717, 1.165) is 12.5 Å². The van der Waals surface area contributed by atoms with Gasteiger partial charge < -0.3 is 10.5 Å². The Morgan fingerprint density at radius 3 is 2.93 bits per heavy atom. The maximum Gasteiger partial charge on any atom is 0.134 e. The topological polar surface area (TPSA) is 35.2 Å². The van der Waals surface area contributed by atoms with Gasteiger partial charge in [0.2, 0.25) is 0 Å². The van der Waals surface area contributed by atoms with Gasteiger partial charge in [-0.1, -0.05) is 0 Å². The van der Waals surface area contributed by atoms with Crippen LogP contribution >= 0.6 is 0 Å². The Hall–Kier alpha value is -1.16. The van der Waals surface area contributed by atoms with E-state index in [0.29, 0.717) is 18.6 Å². The lowest BCUT2D eigenvalue weighted by Gasteiger charge is -2.12. The quantitative estimate of drug-likeness (QED) is 0.694. The van der Waals surface area contributed by atoms with Gasteiger partial charge in [0.05, 0.1) is 6.61 Å². The van der Waals surface area contributed by atoms with Gasteiger partial charge in [-0.15, -0.1) is 0 Å². The maximum atomic E-state index is 13.4. The molecule has 1 aliphatic heterocycles. The fraction of sp³-hybridized carbons (Fsp3) is 0.400. The van der Waals surface area contributed by atoms with Crippen LogP contribution < -0.4 is 10.5 Å². The van der Waals surface area contributed by atoms with Crippen LogP contribution in [0.25, 0.3) is 0 Å². The highest BCUT2D eigenvalue weighted by Crippen LogP contribution is 2.32. The van der Waals surface area contributed by atoms with Crippen molar-refractivity contribution in [3.8, 4) is 5.75 Å². The number of rotatable bonds is 0. The summed E-state index contributed by atoms with van der Waals surface area (Å²) < 4.78 is 31.4. The van der Waals surface area contributed by atoms with Gasteiger partial charge in [-0.2, -0.15) is 0 Å². The van der Waals surface area contributed by atoms with Gasteiger partial charge in [-0.05, 0) is 12.8 Å². The summed E-state index contributed by atoms with van der Waals surface area (Å²) in [6.07, 6.45) is 1.42. The summed E-state index contributed by atoms with van der Waals surface area (Å²) in [6, 6.07) is 1.63. The Bertz CT molecular complexity index is 354. The standard InChI is InChI=1S/C10H11F2NO/c11-6-4-7(12)10-8(13)2-1-3-14-9(10)5-6/h4-5,8H,1-3,13H2/t8-/m0/s1. The van der Waals surface area contributed by atoms with Crippen LogP contribution in [0.4, 0.5) is 8.78 Å². The smallest absolute Gasteiger partial charge is 0.134 e. The summed E-state index contributed by atoms with van der Waals surface area (Å²) in [5.41, 5.74) is 6.05. The Kier molecular flexibility index (Phi) is 2.37. The summed E-state index contributed by atoms with van der Waals surface area (Å²) in [5, 5.41) is 0.